The van der Waals surface area contributed by atoms with E-state index in [1.54, 1.807) is 0 Å². The predicted octanol–water partition coefficient (Wildman–Crippen LogP) is 10.4. The maximum absolute atomic E-state index is 15.0. The standard InChI is InChI=1S/C26H19ClF12O/c27-17-9-15(8-16(11-17)24(31,32)33)19(25(34,35)36)12-21(28)14-1-2-18(20(10-14)26(37,38)39)22(40)7-13-3-5-23(29,30)6-4-13/h1-2,8-13,19H,3-7H2/b21-12-. The third kappa shape index (κ3) is 7.94. The highest BCUT2D eigenvalue weighted by atomic mass is 35.5. The number of allylic oxidation sites excluding steroid dienone is 1. The molecule has 0 radical (unpaired) electrons. The number of halogens is 13. The van der Waals surface area contributed by atoms with E-state index in [2.05, 4.69) is 0 Å². The Bertz CT molecular complexity index is 1260. The number of hydrogen-bond donors (Lipinski definition) is 0. The molecule has 1 fully saturated rings. The van der Waals surface area contributed by atoms with Gasteiger partial charge in [-0.15, -0.1) is 0 Å². The first-order valence-electron chi connectivity index (χ1n) is 11.6. The van der Waals surface area contributed by atoms with Crippen molar-refractivity contribution in [1.29, 1.82) is 0 Å². The molecule has 40 heavy (non-hydrogen) atoms. The van der Waals surface area contributed by atoms with Gasteiger partial charge in [-0.05, 0) is 54.7 Å². The van der Waals surface area contributed by atoms with E-state index in [1.807, 2.05) is 0 Å². The monoisotopic (exact) mass is 610 g/mol. The average molecular weight is 611 g/mol. The fraction of sp³-hybridized carbons (Fsp3) is 0.423. The average Bonchev–Trinajstić information content (AvgIpc) is 2.81. The van der Waals surface area contributed by atoms with E-state index >= 15 is 0 Å². The number of carbonyl (C=O) groups is 1. The molecule has 0 bridgehead atoms. The number of Topliss-reactive ketones (excluding diaryl/α,β-unsaturated/α-hetero) is 1. The van der Waals surface area contributed by atoms with Gasteiger partial charge in [-0.1, -0.05) is 23.7 Å². The molecule has 0 N–H and O–H groups in total. The molecule has 0 heterocycles. The Morgan fingerprint density at radius 2 is 1.52 bits per heavy atom. The summed E-state index contributed by atoms with van der Waals surface area (Å²) in [7, 11) is 0. The third-order valence-electron chi connectivity index (χ3n) is 6.48. The van der Waals surface area contributed by atoms with Crippen molar-refractivity contribution < 1.29 is 57.5 Å². The van der Waals surface area contributed by atoms with Crippen LogP contribution < -0.4 is 0 Å². The van der Waals surface area contributed by atoms with Crippen molar-refractivity contribution in [2.75, 3.05) is 0 Å². The molecule has 14 heteroatoms. The molecule has 1 aliphatic rings. The van der Waals surface area contributed by atoms with Crippen LogP contribution in [0.25, 0.3) is 5.83 Å². The molecule has 0 saturated heterocycles. The van der Waals surface area contributed by atoms with E-state index in [0.717, 1.165) is 0 Å². The fourth-order valence-corrected chi connectivity index (χ4v) is 4.67. The van der Waals surface area contributed by atoms with Crippen LogP contribution in [-0.2, 0) is 12.4 Å². The summed E-state index contributed by atoms with van der Waals surface area (Å²) in [5.41, 5.74) is -6.26. The normalized spacial score (nSPS) is 18.1. The number of alkyl halides is 11. The third-order valence-corrected chi connectivity index (χ3v) is 6.70. The zero-order chi connectivity index (χ0) is 30.3. The van der Waals surface area contributed by atoms with E-state index in [1.165, 1.54) is 0 Å². The number of hydrogen-bond acceptors (Lipinski definition) is 1. The van der Waals surface area contributed by atoms with Crippen molar-refractivity contribution in [2.45, 2.75) is 62.5 Å². The Morgan fingerprint density at radius 3 is 2.05 bits per heavy atom. The van der Waals surface area contributed by atoms with Crippen molar-refractivity contribution >= 4 is 23.2 Å². The lowest BCUT2D eigenvalue weighted by Gasteiger charge is -2.28. The molecular weight excluding hydrogens is 592 g/mol. The van der Waals surface area contributed by atoms with Crippen LogP contribution in [-0.4, -0.2) is 17.9 Å². The first-order chi connectivity index (χ1) is 18.2. The second-order valence-electron chi connectivity index (χ2n) is 9.49. The Kier molecular flexibility index (Phi) is 8.98. The van der Waals surface area contributed by atoms with Crippen LogP contribution in [0.5, 0.6) is 0 Å². The van der Waals surface area contributed by atoms with Gasteiger partial charge in [0.2, 0.25) is 5.92 Å². The maximum atomic E-state index is 15.0. The van der Waals surface area contributed by atoms with Crippen LogP contribution in [0.2, 0.25) is 5.02 Å². The van der Waals surface area contributed by atoms with Gasteiger partial charge in [-0.3, -0.25) is 4.79 Å². The maximum Gasteiger partial charge on any atom is 0.417 e. The highest BCUT2D eigenvalue weighted by Gasteiger charge is 2.42. The molecule has 1 aliphatic carbocycles. The molecule has 3 rings (SSSR count). The van der Waals surface area contributed by atoms with Gasteiger partial charge in [-0.25, -0.2) is 13.2 Å². The Hall–Kier alpha value is -2.70. The van der Waals surface area contributed by atoms with Gasteiger partial charge in [0.05, 0.1) is 11.1 Å². The van der Waals surface area contributed by atoms with Gasteiger partial charge in [0.25, 0.3) is 0 Å². The topological polar surface area (TPSA) is 17.1 Å². The Balaban J connectivity index is 1.99. The fourth-order valence-electron chi connectivity index (χ4n) is 4.42. The predicted molar refractivity (Wildman–Crippen MR) is 122 cm³/mol. The molecule has 1 unspecified atom stereocenters. The summed E-state index contributed by atoms with van der Waals surface area (Å²) in [5.74, 6) is -9.49. The van der Waals surface area contributed by atoms with Crippen LogP contribution in [0.4, 0.5) is 52.7 Å². The van der Waals surface area contributed by atoms with E-state index in [-0.39, 0.29) is 31.1 Å². The molecule has 1 saturated carbocycles. The quantitative estimate of drug-likeness (QED) is 0.235. The first-order valence-corrected chi connectivity index (χ1v) is 12.0. The van der Waals surface area contributed by atoms with Crippen LogP contribution in [0, 0.1) is 5.92 Å². The molecule has 0 aromatic heterocycles. The highest BCUT2D eigenvalue weighted by Crippen LogP contribution is 2.43. The Morgan fingerprint density at radius 1 is 0.925 bits per heavy atom. The molecule has 220 valence electrons. The summed E-state index contributed by atoms with van der Waals surface area (Å²) in [4.78, 5) is 12.6. The summed E-state index contributed by atoms with van der Waals surface area (Å²) in [5, 5.41) is -0.739. The lowest BCUT2D eigenvalue weighted by atomic mass is 9.82. The van der Waals surface area contributed by atoms with Gasteiger partial charge in [0.1, 0.15) is 11.7 Å². The molecule has 0 spiro atoms. The SMILES string of the molecule is O=C(CC1CCC(F)(F)CC1)c1ccc(/C(F)=C/C(c2cc(Cl)cc(C(F)(F)F)c2)C(F)(F)F)cc1C(F)(F)F. The number of rotatable bonds is 6. The zero-order valence-electron chi connectivity index (χ0n) is 20.1. The van der Waals surface area contributed by atoms with Crippen molar-refractivity contribution in [2.24, 2.45) is 5.92 Å². The zero-order valence-corrected chi connectivity index (χ0v) is 20.8. The van der Waals surface area contributed by atoms with Gasteiger partial charge >= 0.3 is 18.5 Å². The Labute approximate surface area is 224 Å². The van der Waals surface area contributed by atoms with Crippen LogP contribution >= 0.6 is 11.6 Å². The summed E-state index contributed by atoms with van der Waals surface area (Å²) in [6, 6.07) is 2.26. The number of benzene rings is 2. The van der Waals surface area contributed by atoms with Gasteiger partial charge in [-0.2, -0.15) is 39.5 Å². The van der Waals surface area contributed by atoms with Crippen LogP contribution in [0.1, 0.15) is 70.6 Å². The summed E-state index contributed by atoms with van der Waals surface area (Å²) >= 11 is 5.53. The summed E-state index contributed by atoms with van der Waals surface area (Å²) < 4.78 is 163. The number of ketones is 1. The molecule has 2 aromatic rings. The van der Waals surface area contributed by atoms with Crippen molar-refractivity contribution in [3.8, 4) is 0 Å². The van der Waals surface area contributed by atoms with E-state index in [9.17, 15) is 57.5 Å². The van der Waals surface area contributed by atoms with Gasteiger partial charge in [0, 0.05) is 35.4 Å². The van der Waals surface area contributed by atoms with Crippen molar-refractivity contribution in [1.82, 2.24) is 0 Å². The minimum atomic E-state index is -5.37. The summed E-state index contributed by atoms with van der Waals surface area (Å²) in [6.07, 6.45) is -17.7. The van der Waals surface area contributed by atoms with E-state index in [0.29, 0.717) is 24.3 Å². The highest BCUT2D eigenvalue weighted by molar-refractivity contribution is 6.30. The molecule has 0 amide bonds. The minimum absolute atomic E-state index is 0.0951. The summed E-state index contributed by atoms with van der Waals surface area (Å²) in [6.45, 7) is 0. The molecule has 1 nitrogen and oxygen atoms in total. The lowest BCUT2D eigenvalue weighted by molar-refractivity contribution is -0.142. The minimum Gasteiger partial charge on any atom is -0.294 e. The van der Waals surface area contributed by atoms with E-state index < -0.39 is 100.0 Å². The van der Waals surface area contributed by atoms with Crippen molar-refractivity contribution in [3.05, 3.63) is 75.3 Å². The lowest BCUT2D eigenvalue weighted by Crippen LogP contribution is -2.26. The molecule has 0 aliphatic heterocycles. The molecule has 1 atom stereocenters. The van der Waals surface area contributed by atoms with Crippen LogP contribution in [0.3, 0.4) is 0 Å². The van der Waals surface area contributed by atoms with Gasteiger partial charge in [0.15, 0.2) is 5.78 Å². The number of carbonyl (C=O) groups excluding carboxylic acids is 1. The van der Waals surface area contributed by atoms with Crippen LogP contribution in [0.15, 0.2) is 42.5 Å². The molecule has 2 aromatic carbocycles. The largest absolute Gasteiger partial charge is 0.417 e. The second kappa shape index (κ2) is 11.3. The molecular formula is C26H19ClF12O. The van der Waals surface area contributed by atoms with Gasteiger partial charge < -0.3 is 0 Å². The smallest absolute Gasteiger partial charge is 0.294 e. The van der Waals surface area contributed by atoms with Crippen molar-refractivity contribution in [3.63, 3.8) is 0 Å². The second-order valence-corrected chi connectivity index (χ2v) is 9.93. The first kappa shape index (κ1) is 31.8. The van der Waals surface area contributed by atoms with E-state index in [4.69, 9.17) is 11.6 Å².